The van der Waals surface area contributed by atoms with E-state index in [-0.39, 0.29) is 0 Å². The molecule has 0 rings (SSSR count). The van der Waals surface area contributed by atoms with Crippen LogP contribution in [0, 0.1) is 0 Å². The SMILES string of the molecule is CCCCCCCC[N+](CCCCCCCC)(CCCCCCCC)CCCCCCCC.CCCCN(CCCC)C(=S)[S-]. The van der Waals surface area contributed by atoms with Gasteiger partial charge in [-0.05, 0) is 64.2 Å². The van der Waals surface area contributed by atoms with Gasteiger partial charge < -0.3 is 34.2 Å². The topological polar surface area (TPSA) is 3.24 Å². The quantitative estimate of drug-likeness (QED) is 0.0290. The van der Waals surface area contributed by atoms with Crippen molar-refractivity contribution < 1.29 is 4.48 Å². The minimum atomic E-state index is 0.636. The third kappa shape index (κ3) is 33.8. The highest BCUT2D eigenvalue weighted by Gasteiger charge is 2.25. The smallest absolute Gasteiger partial charge is 0.0786 e. The fourth-order valence-electron chi connectivity index (χ4n) is 6.57. The zero-order valence-electron chi connectivity index (χ0n) is 32.3. The molecular formula is C41H86N2S2. The summed E-state index contributed by atoms with van der Waals surface area (Å²) in [6, 6.07) is 0. The van der Waals surface area contributed by atoms with Crippen molar-refractivity contribution in [2.24, 2.45) is 0 Å². The summed E-state index contributed by atoms with van der Waals surface area (Å²) in [7, 11) is 0. The fourth-order valence-corrected chi connectivity index (χ4v) is 6.94. The Balaban J connectivity index is 0. The standard InChI is InChI=1S/C32H68N.C9H19NS2/c1-5-9-13-17-21-25-29-33(30-26-22-18-14-10-6-2,31-27-23-19-15-11-7-3)32-28-24-20-16-12-8-4;1-3-5-7-10(9(11)12)8-6-4-2/h5-32H2,1-4H3;3-8H2,1-2H3,(H,11,12)/q+1;/p-1. The molecule has 0 bridgehead atoms. The van der Waals surface area contributed by atoms with Crippen LogP contribution in [0.3, 0.4) is 0 Å². The highest BCUT2D eigenvalue weighted by atomic mass is 32.1. The van der Waals surface area contributed by atoms with Gasteiger partial charge in [0.15, 0.2) is 0 Å². The number of nitrogens with zero attached hydrogens (tertiary/aromatic N) is 2. The first-order chi connectivity index (χ1) is 22.0. The Morgan fingerprint density at radius 3 is 0.822 bits per heavy atom. The summed E-state index contributed by atoms with van der Waals surface area (Å²) in [6.07, 6.45) is 39.6. The van der Waals surface area contributed by atoms with E-state index >= 15 is 0 Å². The van der Waals surface area contributed by atoms with Crippen LogP contribution in [0.15, 0.2) is 0 Å². The van der Waals surface area contributed by atoms with Gasteiger partial charge in [0.1, 0.15) is 0 Å². The molecule has 0 unspecified atom stereocenters. The zero-order valence-corrected chi connectivity index (χ0v) is 33.9. The Morgan fingerprint density at radius 2 is 0.600 bits per heavy atom. The molecule has 0 saturated heterocycles. The average Bonchev–Trinajstić information content (AvgIpc) is 3.04. The normalized spacial score (nSPS) is 11.4. The summed E-state index contributed by atoms with van der Waals surface area (Å²) in [4.78, 5) is 2.14. The number of unbranched alkanes of at least 4 members (excludes halogenated alkanes) is 22. The summed E-state index contributed by atoms with van der Waals surface area (Å²) in [6.45, 7) is 21.7. The second kappa shape index (κ2) is 38.5. The first kappa shape index (κ1) is 47.2. The second-order valence-corrected chi connectivity index (χ2v) is 15.3. The van der Waals surface area contributed by atoms with E-state index in [1.165, 1.54) is 210 Å². The number of hydrogen-bond donors (Lipinski definition) is 0. The predicted octanol–water partition coefficient (Wildman–Crippen LogP) is 14.0. The van der Waals surface area contributed by atoms with Gasteiger partial charge in [-0.3, -0.25) is 0 Å². The molecule has 0 aliphatic carbocycles. The first-order valence-electron chi connectivity index (χ1n) is 20.8. The Hall–Kier alpha value is 0.0700. The highest BCUT2D eigenvalue weighted by Crippen LogP contribution is 2.21. The van der Waals surface area contributed by atoms with E-state index in [1.54, 1.807) is 0 Å². The summed E-state index contributed by atoms with van der Waals surface area (Å²) in [5, 5.41) is 0. The summed E-state index contributed by atoms with van der Waals surface area (Å²) in [5.41, 5.74) is 0. The van der Waals surface area contributed by atoms with Gasteiger partial charge in [-0.1, -0.05) is 161 Å². The Labute approximate surface area is 298 Å². The van der Waals surface area contributed by atoms with Gasteiger partial charge in [-0.25, -0.2) is 0 Å². The van der Waals surface area contributed by atoms with Crippen molar-refractivity contribution in [3.05, 3.63) is 0 Å². The molecule has 0 atom stereocenters. The molecule has 0 aliphatic heterocycles. The van der Waals surface area contributed by atoms with Crippen LogP contribution in [0.1, 0.15) is 221 Å². The molecule has 0 heterocycles. The lowest BCUT2D eigenvalue weighted by atomic mass is 10.0. The Morgan fingerprint density at radius 1 is 0.378 bits per heavy atom. The minimum absolute atomic E-state index is 0.636. The fraction of sp³-hybridized carbons (Fsp3) is 0.976. The van der Waals surface area contributed by atoms with Gasteiger partial charge in [0.25, 0.3) is 0 Å². The van der Waals surface area contributed by atoms with Crippen LogP contribution in [0.5, 0.6) is 0 Å². The van der Waals surface area contributed by atoms with Crippen molar-refractivity contribution in [1.82, 2.24) is 4.90 Å². The largest absolute Gasteiger partial charge is 0.411 e. The molecule has 0 saturated carbocycles. The molecular weight excluding hydrogens is 585 g/mol. The van der Waals surface area contributed by atoms with Crippen molar-refractivity contribution in [3.8, 4) is 0 Å². The molecule has 0 radical (unpaired) electrons. The first-order valence-corrected chi connectivity index (χ1v) is 21.6. The lowest BCUT2D eigenvalue weighted by Gasteiger charge is -2.40. The lowest BCUT2D eigenvalue weighted by Crippen LogP contribution is -2.50. The van der Waals surface area contributed by atoms with Gasteiger partial charge in [0, 0.05) is 13.1 Å². The third-order valence-electron chi connectivity index (χ3n) is 9.77. The Bertz CT molecular complexity index is 490. The highest BCUT2D eigenvalue weighted by molar-refractivity contribution is 8.00. The number of rotatable bonds is 34. The molecule has 0 aromatic rings. The van der Waals surface area contributed by atoms with E-state index in [0.717, 1.165) is 13.1 Å². The third-order valence-corrected chi connectivity index (χ3v) is 10.3. The minimum Gasteiger partial charge on any atom is -0.411 e. The van der Waals surface area contributed by atoms with Gasteiger partial charge in [-0.15, -0.1) is 0 Å². The molecule has 0 N–H and O–H groups in total. The molecule has 0 aliphatic rings. The molecule has 0 aromatic heterocycles. The molecule has 0 spiro atoms. The van der Waals surface area contributed by atoms with Crippen LogP contribution in [-0.2, 0) is 12.6 Å². The Kier molecular flexibility index (Phi) is 40.4. The molecule has 0 fully saturated rings. The lowest BCUT2D eigenvalue weighted by molar-refractivity contribution is -0.929. The van der Waals surface area contributed by atoms with E-state index in [4.69, 9.17) is 24.8 Å². The van der Waals surface area contributed by atoms with Crippen LogP contribution >= 0.6 is 12.2 Å². The monoisotopic (exact) mass is 671 g/mol. The molecule has 2 nitrogen and oxygen atoms in total. The number of thiocarbonyl (C=S) groups is 1. The van der Waals surface area contributed by atoms with Crippen molar-refractivity contribution >= 4 is 29.2 Å². The van der Waals surface area contributed by atoms with Crippen LogP contribution in [0.2, 0.25) is 0 Å². The van der Waals surface area contributed by atoms with E-state index in [9.17, 15) is 0 Å². The van der Waals surface area contributed by atoms with Gasteiger partial charge in [0.05, 0.1) is 26.2 Å². The van der Waals surface area contributed by atoms with Crippen LogP contribution < -0.4 is 0 Å². The number of quaternary nitrogens is 1. The predicted molar refractivity (Wildman–Crippen MR) is 215 cm³/mol. The zero-order chi connectivity index (χ0) is 33.7. The maximum atomic E-state index is 4.98. The average molecular weight is 671 g/mol. The second-order valence-electron chi connectivity index (χ2n) is 14.3. The van der Waals surface area contributed by atoms with Gasteiger partial charge in [0.2, 0.25) is 0 Å². The van der Waals surface area contributed by atoms with Gasteiger partial charge in [-0.2, -0.15) is 0 Å². The van der Waals surface area contributed by atoms with Crippen molar-refractivity contribution in [2.45, 2.75) is 221 Å². The van der Waals surface area contributed by atoms with Crippen LogP contribution in [-0.4, -0.2) is 53.0 Å². The van der Waals surface area contributed by atoms with E-state index in [2.05, 4.69) is 46.4 Å². The van der Waals surface area contributed by atoms with Gasteiger partial charge >= 0.3 is 0 Å². The van der Waals surface area contributed by atoms with Crippen LogP contribution in [0.25, 0.3) is 0 Å². The van der Waals surface area contributed by atoms with E-state index in [0.29, 0.717) is 4.32 Å². The molecule has 0 aromatic carbocycles. The maximum Gasteiger partial charge on any atom is 0.0786 e. The van der Waals surface area contributed by atoms with Crippen LogP contribution in [0.4, 0.5) is 0 Å². The number of hydrogen-bond acceptors (Lipinski definition) is 2. The molecule has 272 valence electrons. The van der Waals surface area contributed by atoms with Crippen molar-refractivity contribution in [1.29, 1.82) is 0 Å². The summed E-state index contributed by atoms with van der Waals surface area (Å²) < 4.78 is 2.11. The summed E-state index contributed by atoms with van der Waals surface area (Å²) >= 11 is 9.97. The van der Waals surface area contributed by atoms with Crippen molar-refractivity contribution in [3.63, 3.8) is 0 Å². The van der Waals surface area contributed by atoms with E-state index in [1.807, 2.05) is 0 Å². The summed E-state index contributed by atoms with van der Waals surface area (Å²) in [5.74, 6) is 0. The molecule has 4 heteroatoms. The van der Waals surface area contributed by atoms with Crippen molar-refractivity contribution in [2.75, 3.05) is 39.3 Å². The molecule has 0 amide bonds. The van der Waals surface area contributed by atoms with E-state index < -0.39 is 0 Å². The maximum absolute atomic E-state index is 4.98. The molecule has 45 heavy (non-hydrogen) atoms.